The van der Waals surface area contributed by atoms with Crippen molar-refractivity contribution in [3.8, 4) is 6.07 Å². The molecular formula is C11H16N2O2. The van der Waals surface area contributed by atoms with Gasteiger partial charge in [0.1, 0.15) is 0 Å². The van der Waals surface area contributed by atoms with Gasteiger partial charge in [0.2, 0.25) is 5.91 Å². The van der Waals surface area contributed by atoms with Gasteiger partial charge in [-0.3, -0.25) is 4.79 Å². The highest BCUT2D eigenvalue weighted by Crippen LogP contribution is 2.32. The SMILES string of the molecule is CN(C(=O)C1(C#N)COC1)C1CCCC1. The summed E-state index contributed by atoms with van der Waals surface area (Å²) in [5.74, 6) is -0.0526. The van der Waals surface area contributed by atoms with E-state index >= 15 is 0 Å². The highest BCUT2D eigenvalue weighted by Gasteiger charge is 2.49. The Morgan fingerprint density at radius 3 is 2.47 bits per heavy atom. The van der Waals surface area contributed by atoms with E-state index in [1.807, 2.05) is 7.05 Å². The van der Waals surface area contributed by atoms with Crippen LogP contribution in [0.25, 0.3) is 0 Å². The van der Waals surface area contributed by atoms with Gasteiger partial charge in [0.25, 0.3) is 0 Å². The number of carbonyl (C=O) groups excluding carboxylic acids is 1. The summed E-state index contributed by atoms with van der Waals surface area (Å²) in [6.45, 7) is 0.527. The molecule has 0 radical (unpaired) electrons. The van der Waals surface area contributed by atoms with Crippen LogP contribution < -0.4 is 0 Å². The molecule has 0 N–H and O–H groups in total. The van der Waals surface area contributed by atoms with E-state index in [1.165, 1.54) is 12.8 Å². The Kier molecular flexibility index (Phi) is 2.66. The average molecular weight is 208 g/mol. The van der Waals surface area contributed by atoms with Crippen LogP contribution in [0.5, 0.6) is 0 Å². The standard InChI is InChI=1S/C11H16N2O2/c1-13(9-4-2-3-5-9)10(14)11(6-12)7-15-8-11/h9H,2-5,7-8H2,1H3. The van der Waals surface area contributed by atoms with Gasteiger partial charge in [-0.2, -0.15) is 5.26 Å². The maximum atomic E-state index is 12.1. The molecule has 1 saturated heterocycles. The zero-order chi connectivity index (χ0) is 10.9. The van der Waals surface area contributed by atoms with Gasteiger partial charge in [-0.1, -0.05) is 12.8 Å². The van der Waals surface area contributed by atoms with Crippen LogP contribution >= 0.6 is 0 Å². The zero-order valence-electron chi connectivity index (χ0n) is 9.03. The Bertz CT molecular complexity index is 298. The van der Waals surface area contributed by atoms with Crippen LogP contribution in [0.4, 0.5) is 0 Å². The predicted octanol–water partition coefficient (Wildman–Crippen LogP) is 0.928. The number of ether oxygens (including phenoxy) is 1. The van der Waals surface area contributed by atoms with Crippen LogP contribution in [0.2, 0.25) is 0 Å². The summed E-state index contributed by atoms with van der Waals surface area (Å²) in [6.07, 6.45) is 4.53. The van der Waals surface area contributed by atoms with E-state index in [0.717, 1.165) is 12.8 Å². The van der Waals surface area contributed by atoms with Crippen molar-refractivity contribution in [1.29, 1.82) is 5.26 Å². The fraction of sp³-hybridized carbons (Fsp3) is 0.818. The fourth-order valence-electron chi connectivity index (χ4n) is 2.34. The summed E-state index contributed by atoms with van der Waals surface area (Å²) >= 11 is 0. The number of nitrogens with zero attached hydrogens (tertiary/aromatic N) is 2. The van der Waals surface area contributed by atoms with Crippen molar-refractivity contribution in [1.82, 2.24) is 4.90 Å². The minimum Gasteiger partial charge on any atom is -0.377 e. The van der Waals surface area contributed by atoms with E-state index in [-0.39, 0.29) is 19.1 Å². The van der Waals surface area contributed by atoms with Gasteiger partial charge in [-0.25, -0.2) is 0 Å². The van der Waals surface area contributed by atoms with E-state index in [9.17, 15) is 4.79 Å². The molecule has 2 fully saturated rings. The van der Waals surface area contributed by atoms with E-state index in [4.69, 9.17) is 10.00 Å². The molecule has 0 aromatic carbocycles. The second-order valence-electron chi connectivity index (χ2n) is 4.54. The lowest BCUT2D eigenvalue weighted by Crippen LogP contribution is -2.55. The minimum atomic E-state index is -0.878. The summed E-state index contributed by atoms with van der Waals surface area (Å²) in [5, 5.41) is 9.02. The highest BCUT2D eigenvalue weighted by atomic mass is 16.5. The van der Waals surface area contributed by atoms with Gasteiger partial charge in [0.15, 0.2) is 5.41 Å². The van der Waals surface area contributed by atoms with Crippen molar-refractivity contribution < 1.29 is 9.53 Å². The van der Waals surface area contributed by atoms with Crippen LogP contribution in [0.1, 0.15) is 25.7 Å². The molecule has 82 valence electrons. The summed E-state index contributed by atoms with van der Waals surface area (Å²) in [7, 11) is 1.82. The number of carbonyl (C=O) groups is 1. The average Bonchev–Trinajstić information content (AvgIpc) is 2.68. The van der Waals surface area contributed by atoms with E-state index in [2.05, 4.69) is 6.07 Å². The number of rotatable bonds is 2. The van der Waals surface area contributed by atoms with Crippen molar-refractivity contribution in [2.75, 3.05) is 20.3 Å². The maximum absolute atomic E-state index is 12.1. The molecule has 1 amide bonds. The molecule has 1 heterocycles. The Balaban J connectivity index is 2.03. The normalized spacial score (nSPS) is 24.3. The Morgan fingerprint density at radius 2 is 2.07 bits per heavy atom. The molecule has 2 rings (SSSR count). The van der Waals surface area contributed by atoms with Gasteiger partial charge >= 0.3 is 0 Å². The molecule has 4 heteroatoms. The molecule has 0 bridgehead atoms. The lowest BCUT2D eigenvalue weighted by atomic mass is 9.86. The molecule has 1 saturated carbocycles. The first kappa shape index (κ1) is 10.4. The molecular weight excluding hydrogens is 192 g/mol. The van der Waals surface area contributed by atoms with Crippen molar-refractivity contribution >= 4 is 5.91 Å². The van der Waals surface area contributed by atoms with Gasteiger partial charge in [-0.15, -0.1) is 0 Å². The predicted molar refractivity (Wildman–Crippen MR) is 53.9 cm³/mol. The number of nitriles is 1. The minimum absolute atomic E-state index is 0.0526. The lowest BCUT2D eigenvalue weighted by molar-refractivity contribution is -0.161. The van der Waals surface area contributed by atoms with Crippen molar-refractivity contribution in [3.05, 3.63) is 0 Å². The van der Waals surface area contributed by atoms with Crippen molar-refractivity contribution in [2.24, 2.45) is 5.41 Å². The zero-order valence-corrected chi connectivity index (χ0v) is 9.03. The summed E-state index contributed by atoms with van der Waals surface area (Å²) in [5.41, 5.74) is -0.878. The van der Waals surface area contributed by atoms with Crippen molar-refractivity contribution in [3.63, 3.8) is 0 Å². The number of hydrogen-bond donors (Lipinski definition) is 0. The molecule has 0 aromatic rings. The third-order valence-corrected chi connectivity index (χ3v) is 3.51. The number of hydrogen-bond acceptors (Lipinski definition) is 3. The molecule has 15 heavy (non-hydrogen) atoms. The summed E-state index contributed by atoms with van der Waals surface area (Å²) in [4.78, 5) is 13.9. The third kappa shape index (κ3) is 1.61. The second kappa shape index (κ2) is 3.82. The molecule has 1 aliphatic carbocycles. The maximum Gasteiger partial charge on any atom is 0.247 e. The summed E-state index contributed by atoms with van der Waals surface area (Å²) < 4.78 is 4.99. The lowest BCUT2D eigenvalue weighted by Gasteiger charge is -2.38. The third-order valence-electron chi connectivity index (χ3n) is 3.51. The van der Waals surface area contributed by atoms with Crippen LogP contribution in [-0.4, -0.2) is 37.1 Å². The molecule has 0 unspecified atom stereocenters. The molecule has 1 aliphatic heterocycles. The molecule has 0 spiro atoms. The Labute approximate surface area is 89.8 Å². The monoisotopic (exact) mass is 208 g/mol. The quantitative estimate of drug-likeness (QED) is 0.678. The first-order chi connectivity index (χ1) is 7.19. The topological polar surface area (TPSA) is 53.3 Å². The number of amides is 1. The Morgan fingerprint density at radius 1 is 1.47 bits per heavy atom. The van der Waals surface area contributed by atoms with Gasteiger partial charge in [0, 0.05) is 13.1 Å². The highest BCUT2D eigenvalue weighted by molar-refractivity contribution is 5.86. The van der Waals surface area contributed by atoms with E-state index < -0.39 is 5.41 Å². The largest absolute Gasteiger partial charge is 0.377 e. The van der Waals surface area contributed by atoms with Crippen LogP contribution in [0.3, 0.4) is 0 Å². The van der Waals surface area contributed by atoms with Crippen LogP contribution in [0.15, 0.2) is 0 Å². The molecule has 4 nitrogen and oxygen atoms in total. The van der Waals surface area contributed by atoms with Gasteiger partial charge in [-0.05, 0) is 12.8 Å². The van der Waals surface area contributed by atoms with Crippen molar-refractivity contribution in [2.45, 2.75) is 31.7 Å². The smallest absolute Gasteiger partial charge is 0.247 e. The van der Waals surface area contributed by atoms with Crippen LogP contribution in [-0.2, 0) is 9.53 Å². The Hall–Kier alpha value is -1.08. The van der Waals surface area contributed by atoms with Gasteiger partial charge < -0.3 is 9.64 Å². The molecule has 0 aromatic heterocycles. The van der Waals surface area contributed by atoms with Gasteiger partial charge in [0.05, 0.1) is 19.3 Å². The van der Waals surface area contributed by atoms with Crippen LogP contribution in [0, 0.1) is 16.7 Å². The first-order valence-corrected chi connectivity index (χ1v) is 5.46. The molecule has 2 aliphatic rings. The van der Waals surface area contributed by atoms with E-state index in [1.54, 1.807) is 4.90 Å². The summed E-state index contributed by atoms with van der Waals surface area (Å²) in [6, 6.07) is 2.44. The second-order valence-corrected chi connectivity index (χ2v) is 4.54. The van der Waals surface area contributed by atoms with E-state index in [0.29, 0.717) is 6.04 Å². The first-order valence-electron chi connectivity index (χ1n) is 5.46. The fourth-order valence-corrected chi connectivity index (χ4v) is 2.34. The molecule has 0 atom stereocenters.